The summed E-state index contributed by atoms with van der Waals surface area (Å²) in [6.45, 7) is 7.03. The Morgan fingerprint density at radius 1 is 1.21 bits per heavy atom. The van der Waals surface area contributed by atoms with Gasteiger partial charge in [0.25, 0.3) is 5.91 Å². The van der Waals surface area contributed by atoms with Crippen LogP contribution in [0.5, 0.6) is 0 Å². The van der Waals surface area contributed by atoms with E-state index in [9.17, 15) is 14.4 Å². The zero-order chi connectivity index (χ0) is 24.2. The van der Waals surface area contributed by atoms with Gasteiger partial charge in [0.2, 0.25) is 5.91 Å². The van der Waals surface area contributed by atoms with Gasteiger partial charge in [0.1, 0.15) is 5.69 Å². The summed E-state index contributed by atoms with van der Waals surface area (Å²) in [7, 11) is 0. The van der Waals surface area contributed by atoms with E-state index in [4.69, 9.17) is 4.74 Å². The lowest BCUT2D eigenvalue weighted by Crippen LogP contribution is -2.46. The summed E-state index contributed by atoms with van der Waals surface area (Å²) in [5, 5.41) is 4.22. The number of carbonyl (C=O) groups is 3. The Morgan fingerprint density at radius 2 is 2.00 bits per heavy atom. The zero-order valence-corrected chi connectivity index (χ0v) is 20.0. The molecule has 0 unspecified atom stereocenters. The highest BCUT2D eigenvalue weighted by atomic mass is 16.5. The number of likely N-dealkylation sites (tertiary alicyclic amines) is 1. The molecule has 1 aliphatic rings. The number of fused-ring (bicyclic) bond motifs is 1. The molecule has 3 N–H and O–H groups in total. The highest BCUT2D eigenvalue weighted by molar-refractivity contribution is 6.00. The third-order valence-corrected chi connectivity index (χ3v) is 6.58. The molecule has 8 nitrogen and oxygen atoms in total. The Kier molecular flexibility index (Phi) is 7.05. The van der Waals surface area contributed by atoms with Crippen molar-refractivity contribution in [1.29, 1.82) is 0 Å². The van der Waals surface area contributed by atoms with Gasteiger partial charge in [-0.05, 0) is 57.2 Å². The van der Waals surface area contributed by atoms with Gasteiger partial charge in [-0.15, -0.1) is 0 Å². The fourth-order valence-electron chi connectivity index (χ4n) is 4.81. The maximum absolute atomic E-state index is 13.2. The minimum Gasteiger partial charge on any atom is -0.462 e. The van der Waals surface area contributed by atoms with Crippen molar-refractivity contribution in [3.63, 3.8) is 0 Å². The summed E-state index contributed by atoms with van der Waals surface area (Å²) in [5.74, 6) is -0.892. The highest BCUT2D eigenvalue weighted by Gasteiger charge is 2.31. The smallest absolute Gasteiger partial charge is 0.340 e. The van der Waals surface area contributed by atoms with Crippen molar-refractivity contribution in [3.05, 3.63) is 58.5 Å². The molecule has 2 amide bonds. The number of aromatic nitrogens is 2. The number of aryl methyl sites for hydroxylation is 1. The van der Waals surface area contributed by atoms with E-state index in [2.05, 4.69) is 21.4 Å². The lowest BCUT2D eigenvalue weighted by atomic mass is 9.96. The van der Waals surface area contributed by atoms with Crippen LogP contribution >= 0.6 is 0 Å². The summed E-state index contributed by atoms with van der Waals surface area (Å²) in [5.41, 5.74) is 4.27. The molecule has 3 heterocycles. The number of esters is 1. The van der Waals surface area contributed by atoms with Gasteiger partial charge in [-0.25, -0.2) is 4.79 Å². The number of aromatic amines is 2. The molecule has 3 aromatic rings. The average molecular weight is 465 g/mol. The van der Waals surface area contributed by atoms with E-state index in [0.29, 0.717) is 42.1 Å². The van der Waals surface area contributed by atoms with Crippen LogP contribution in [0, 0.1) is 19.8 Å². The molecule has 1 atom stereocenters. The maximum atomic E-state index is 13.2. The standard InChI is InChI=1S/C26H32N4O4/c1-4-34-26(33)22-16(2)23(29-17(22)3)25(32)30-13-7-8-19(15-30)24(31)27-12-11-18-14-28-21-10-6-5-9-20(18)21/h5-6,9-10,14,19,28-29H,4,7-8,11-13,15H2,1-3H3,(H,27,31)/t19-/m0/s1. The van der Waals surface area contributed by atoms with Crippen LogP contribution in [0.15, 0.2) is 30.5 Å². The molecule has 34 heavy (non-hydrogen) atoms. The Balaban J connectivity index is 1.36. The molecular weight excluding hydrogens is 432 g/mol. The largest absolute Gasteiger partial charge is 0.462 e. The van der Waals surface area contributed by atoms with Gasteiger partial charge in [0.05, 0.1) is 18.1 Å². The first-order chi connectivity index (χ1) is 16.4. The summed E-state index contributed by atoms with van der Waals surface area (Å²) in [6, 6.07) is 8.11. The van der Waals surface area contributed by atoms with Crippen molar-refractivity contribution in [2.24, 2.45) is 5.92 Å². The van der Waals surface area contributed by atoms with Crippen LogP contribution < -0.4 is 5.32 Å². The molecule has 0 radical (unpaired) electrons. The Hall–Kier alpha value is -3.55. The fourth-order valence-corrected chi connectivity index (χ4v) is 4.81. The third kappa shape index (κ3) is 4.71. The van der Waals surface area contributed by atoms with E-state index in [-0.39, 0.29) is 24.3 Å². The van der Waals surface area contributed by atoms with E-state index >= 15 is 0 Å². The van der Waals surface area contributed by atoms with Crippen molar-refractivity contribution in [2.75, 3.05) is 26.2 Å². The van der Waals surface area contributed by atoms with Crippen molar-refractivity contribution in [1.82, 2.24) is 20.2 Å². The molecule has 1 aliphatic heterocycles. The molecule has 1 saturated heterocycles. The topological polar surface area (TPSA) is 107 Å². The normalized spacial score (nSPS) is 16.0. The van der Waals surface area contributed by atoms with Gasteiger partial charge >= 0.3 is 5.97 Å². The Labute approximate surface area is 199 Å². The van der Waals surface area contributed by atoms with Crippen LogP contribution in [0.25, 0.3) is 10.9 Å². The van der Waals surface area contributed by atoms with Crippen LogP contribution in [-0.2, 0) is 16.0 Å². The number of hydrogen-bond donors (Lipinski definition) is 3. The minimum atomic E-state index is -0.432. The van der Waals surface area contributed by atoms with Crippen LogP contribution in [0.3, 0.4) is 0 Å². The monoisotopic (exact) mass is 464 g/mol. The van der Waals surface area contributed by atoms with E-state index in [0.717, 1.165) is 24.8 Å². The van der Waals surface area contributed by atoms with Crippen LogP contribution in [0.4, 0.5) is 0 Å². The molecule has 1 aromatic carbocycles. The predicted molar refractivity (Wildman–Crippen MR) is 130 cm³/mol. The summed E-state index contributed by atoms with van der Waals surface area (Å²) in [4.78, 5) is 46.4. The van der Waals surface area contributed by atoms with Crippen LogP contribution in [-0.4, -0.2) is 58.9 Å². The van der Waals surface area contributed by atoms with Crippen molar-refractivity contribution >= 4 is 28.7 Å². The second kappa shape index (κ2) is 10.2. The second-order valence-electron chi connectivity index (χ2n) is 8.84. The molecule has 2 aromatic heterocycles. The number of nitrogens with one attached hydrogen (secondary N) is 3. The summed E-state index contributed by atoms with van der Waals surface area (Å²) < 4.78 is 5.13. The number of para-hydroxylation sites is 1. The molecule has 4 rings (SSSR count). The number of piperidine rings is 1. The molecule has 180 valence electrons. The molecule has 0 aliphatic carbocycles. The van der Waals surface area contributed by atoms with Gasteiger partial charge < -0.3 is 24.9 Å². The maximum Gasteiger partial charge on any atom is 0.340 e. The van der Waals surface area contributed by atoms with Gasteiger partial charge in [-0.3, -0.25) is 9.59 Å². The van der Waals surface area contributed by atoms with Gasteiger partial charge in [-0.2, -0.15) is 0 Å². The number of nitrogens with zero attached hydrogens (tertiary/aromatic N) is 1. The number of H-pyrrole nitrogens is 2. The van der Waals surface area contributed by atoms with Crippen molar-refractivity contribution in [2.45, 2.75) is 40.0 Å². The van der Waals surface area contributed by atoms with E-state index in [1.807, 2.05) is 24.4 Å². The van der Waals surface area contributed by atoms with Crippen molar-refractivity contribution < 1.29 is 19.1 Å². The Morgan fingerprint density at radius 3 is 2.79 bits per heavy atom. The molecule has 0 spiro atoms. The Bertz CT molecular complexity index is 1210. The minimum absolute atomic E-state index is 0.0241. The number of benzene rings is 1. The fraction of sp³-hybridized carbons (Fsp3) is 0.423. The number of rotatable bonds is 7. The first-order valence-corrected chi connectivity index (χ1v) is 11.9. The first-order valence-electron chi connectivity index (χ1n) is 11.9. The lowest BCUT2D eigenvalue weighted by Gasteiger charge is -2.32. The first kappa shape index (κ1) is 23.6. The highest BCUT2D eigenvalue weighted by Crippen LogP contribution is 2.24. The van der Waals surface area contributed by atoms with E-state index in [1.165, 1.54) is 10.9 Å². The third-order valence-electron chi connectivity index (χ3n) is 6.58. The number of hydrogen-bond acceptors (Lipinski definition) is 4. The molecule has 1 fully saturated rings. The molecule has 0 saturated carbocycles. The van der Waals surface area contributed by atoms with Gasteiger partial charge in [0.15, 0.2) is 0 Å². The predicted octanol–water partition coefficient (Wildman–Crippen LogP) is 3.50. The SMILES string of the molecule is CCOC(=O)c1c(C)[nH]c(C(=O)N2CCC[C@H](C(=O)NCCc3c[nH]c4ccccc34)C2)c1C. The number of ether oxygens (including phenoxy) is 1. The van der Waals surface area contributed by atoms with Crippen LogP contribution in [0.1, 0.15) is 57.4 Å². The molecule has 0 bridgehead atoms. The second-order valence-corrected chi connectivity index (χ2v) is 8.84. The number of amides is 2. The van der Waals surface area contributed by atoms with Crippen molar-refractivity contribution in [3.8, 4) is 0 Å². The zero-order valence-electron chi connectivity index (χ0n) is 20.0. The van der Waals surface area contributed by atoms with Crippen LogP contribution in [0.2, 0.25) is 0 Å². The van der Waals surface area contributed by atoms with E-state index in [1.54, 1.807) is 25.7 Å². The molecular formula is C26H32N4O4. The average Bonchev–Trinajstić information content (AvgIpc) is 3.38. The molecule has 8 heteroatoms. The summed E-state index contributed by atoms with van der Waals surface area (Å²) >= 11 is 0. The lowest BCUT2D eigenvalue weighted by molar-refractivity contribution is -0.126. The summed E-state index contributed by atoms with van der Waals surface area (Å²) in [6.07, 6.45) is 4.24. The number of carbonyl (C=O) groups excluding carboxylic acids is 3. The quantitative estimate of drug-likeness (QED) is 0.465. The van der Waals surface area contributed by atoms with Gasteiger partial charge in [-0.1, -0.05) is 18.2 Å². The van der Waals surface area contributed by atoms with Gasteiger partial charge in [0, 0.05) is 42.4 Å². The van der Waals surface area contributed by atoms with E-state index < -0.39 is 5.97 Å².